The van der Waals surface area contributed by atoms with Crippen LogP contribution in [0.15, 0.2) is 103 Å². The summed E-state index contributed by atoms with van der Waals surface area (Å²) >= 11 is 1.46. The van der Waals surface area contributed by atoms with Gasteiger partial charge in [-0.05, 0) is 49.4 Å². The summed E-state index contributed by atoms with van der Waals surface area (Å²) in [5, 5.41) is 1.40. The van der Waals surface area contributed by atoms with Gasteiger partial charge in [-0.3, -0.25) is 14.7 Å². The summed E-state index contributed by atoms with van der Waals surface area (Å²) in [5.74, 6) is 0.626. The van der Waals surface area contributed by atoms with Gasteiger partial charge in [0, 0.05) is 17.1 Å². The van der Waals surface area contributed by atoms with Crippen LogP contribution in [0.1, 0.15) is 23.0 Å². The Morgan fingerprint density at radius 1 is 0.868 bits per heavy atom. The monoisotopic (exact) mass is 516 g/mol. The lowest BCUT2D eigenvalue weighted by atomic mass is 10.0. The molecule has 0 bridgehead atoms. The third-order valence-corrected chi connectivity index (χ3v) is 7.24. The van der Waals surface area contributed by atoms with Crippen LogP contribution >= 0.6 is 11.3 Å². The van der Waals surface area contributed by atoms with E-state index < -0.39 is 0 Å². The number of aromatic nitrogens is 3. The molecule has 0 saturated heterocycles. The molecule has 1 amide bonds. The summed E-state index contributed by atoms with van der Waals surface area (Å²) in [6.45, 7) is 2.83. The van der Waals surface area contributed by atoms with Crippen LogP contribution in [0, 0.1) is 0 Å². The van der Waals surface area contributed by atoms with Crippen LogP contribution in [-0.4, -0.2) is 27.5 Å². The SMILES string of the molecule is CCOc1ccc2nc(N(Cc3ccccn3)C(=O)c3cc(-c4ccccc4)nc4ccccc34)sc2c1. The van der Waals surface area contributed by atoms with Crippen LogP contribution in [0.25, 0.3) is 32.4 Å². The second-order valence-electron chi connectivity index (χ2n) is 8.71. The largest absolute Gasteiger partial charge is 0.494 e. The number of benzene rings is 3. The fraction of sp³-hybridized carbons (Fsp3) is 0.0968. The molecule has 0 N–H and O–H groups in total. The predicted molar refractivity (Wildman–Crippen MR) is 153 cm³/mol. The van der Waals surface area contributed by atoms with E-state index in [-0.39, 0.29) is 12.5 Å². The topological polar surface area (TPSA) is 68.2 Å². The van der Waals surface area contributed by atoms with Crippen molar-refractivity contribution < 1.29 is 9.53 Å². The van der Waals surface area contributed by atoms with Crippen molar-refractivity contribution in [2.24, 2.45) is 0 Å². The van der Waals surface area contributed by atoms with Gasteiger partial charge in [0.1, 0.15) is 5.75 Å². The first-order chi connectivity index (χ1) is 18.7. The molecular formula is C31H24N4O2S. The lowest BCUT2D eigenvalue weighted by Crippen LogP contribution is -2.31. The molecular weight excluding hydrogens is 492 g/mol. The molecule has 0 fully saturated rings. The number of para-hydroxylation sites is 1. The molecule has 6 rings (SSSR count). The Kier molecular flexibility index (Phi) is 6.50. The zero-order valence-electron chi connectivity index (χ0n) is 20.7. The van der Waals surface area contributed by atoms with Crippen molar-refractivity contribution in [1.82, 2.24) is 15.0 Å². The average Bonchev–Trinajstić information content (AvgIpc) is 3.39. The highest BCUT2D eigenvalue weighted by molar-refractivity contribution is 7.22. The van der Waals surface area contributed by atoms with Gasteiger partial charge in [0.05, 0.1) is 45.8 Å². The summed E-state index contributed by atoms with van der Waals surface area (Å²) in [6, 6.07) is 31.1. The van der Waals surface area contributed by atoms with Crippen LogP contribution in [0.2, 0.25) is 0 Å². The van der Waals surface area contributed by atoms with Gasteiger partial charge in [-0.15, -0.1) is 0 Å². The molecule has 0 atom stereocenters. The molecule has 0 radical (unpaired) electrons. The van der Waals surface area contributed by atoms with Gasteiger partial charge >= 0.3 is 0 Å². The second kappa shape index (κ2) is 10.4. The van der Waals surface area contributed by atoms with Crippen molar-refractivity contribution in [3.05, 3.63) is 115 Å². The van der Waals surface area contributed by atoms with E-state index in [1.165, 1.54) is 11.3 Å². The van der Waals surface area contributed by atoms with Gasteiger partial charge in [0.2, 0.25) is 0 Å². The van der Waals surface area contributed by atoms with Crippen LogP contribution in [0.3, 0.4) is 0 Å². The van der Waals surface area contributed by atoms with Gasteiger partial charge in [-0.1, -0.05) is 65.9 Å². The number of carbonyl (C=O) groups is 1. The number of fused-ring (bicyclic) bond motifs is 2. The van der Waals surface area contributed by atoms with Gasteiger partial charge in [0.25, 0.3) is 5.91 Å². The van der Waals surface area contributed by atoms with E-state index in [4.69, 9.17) is 14.7 Å². The zero-order chi connectivity index (χ0) is 25.9. The normalized spacial score (nSPS) is 11.1. The van der Waals surface area contributed by atoms with Gasteiger partial charge in [-0.25, -0.2) is 9.97 Å². The molecule has 6 aromatic rings. The van der Waals surface area contributed by atoms with Crippen LogP contribution < -0.4 is 9.64 Å². The number of amides is 1. The smallest absolute Gasteiger partial charge is 0.261 e. The Labute approximate surface area is 224 Å². The molecule has 0 unspecified atom stereocenters. The fourth-order valence-corrected chi connectivity index (χ4v) is 5.39. The number of pyridine rings is 2. The Morgan fingerprint density at radius 2 is 1.68 bits per heavy atom. The highest BCUT2D eigenvalue weighted by Gasteiger charge is 2.25. The molecule has 38 heavy (non-hydrogen) atoms. The lowest BCUT2D eigenvalue weighted by molar-refractivity contribution is 0.0986. The number of hydrogen-bond acceptors (Lipinski definition) is 6. The quantitative estimate of drug-likeness (QED) is 0.225. The molecule has 6 nitrogen and oxygen atoms in total. The van der Waals surface area contributed by atoms with Crippen LogP contribution in [0.5, 0.6) is 5.75 Å². The molecule has 3 aromatic heterocycles. The third-order valence-electron chi connectivity index (χ3n) is 6.20. The summed E-state index contributed by atoms with van der Waals surface area (Å²) in [4.78, 5) is 30.3. The van der Waals surface area contributed by atoms with Crippen molar-refractivity contribution in [3.63, 3.8) is 0 Å². The molecule has 3 aromatic carbocycles. The van der Waals surface area contributed by atoms with E-state index in [9.17, 15) is 4.79 Å². The lowest BCUT2D eigenvalue weighted by Gasteiger charge is -2.21. The number of ether oxygens (including phenoxy) is 1. The van der Waals surface area contributed by atoms with Crippen LogP contribution in [0.4, 0.5) is 5.13 Å². The first-order valence-electron chi connectivity index (χ1n) is 12.4. The van der Waals surface area contributed by atoms with Crippen molar-refractivity contribution in [1.29, 1.82) is 0 Å². The number of hydrogen-bond donors (Lipinski definition) is 0. The van der Waals surface area contributed by atoms with Gasteiger partial charge < -0.3 is 4.74 Å². The molecule has 0 aliphatic carbocycles. The Balaban J connectivity index is 1.49. The fourth-order valence-electron chi connectivity index (χ4n) is 4.40. The number of thiazole rings is 1. The summed E-state index contributed by atoms with van der Waals surface area (Å²) < 4.78 is 6.63. The van der Waals surface area contributed by atoms with E-state index in [0.717, 1.165) is 43.8 Å². The number of nitrogens with zero attached hydrogens (tertiary/aromatic N) is 4. The zero-order valence-corrected chi connectivity index (χ0v) is 21.6. The van der Waals surface area contributed by atoms with E-state index >= 15 is 0 Å². The first-order valence-corrected chi connectivity index (χ1v) is 13.2. The number of anilines is 1. The summed E-state index contributed by atoms with van der Waals surface area (Å²) in [6.07, 6.45) is 1.74. The van der Waals surface area contributed by atoms with Gasteiger partial charge in [0.15, 0.2) is 5.13 Å². The maximum Gasteiger partial charge on any atom is 0.261 e. The molecule has 0 aliphatic rings. The minimum absolute atomic E-state index is 0.157. The third kappa shape index (κ3) is 4.71. The molecule has 3 heterocycles. The molecule has 0 aliphatic heterocycles. The highest BCUT2D eigenvalue weighted by Crippen LogP contribution is 2.34. The van der Waals surface area contributed by atoms with Crippen molar-refractivity contribution in [2.75, 3.05) is 11.5 Å². The van der Waals surface area contributed by atoms with E-state index in [0.29, 0.717) is 17.3 Å². The minimum Gasteiger partial charge on any atom is -0.494 e. The Hall–Kier alpha value is -4.62. The predicted octanol–water partition coefficient (Wildman–Crippen LogP) is 7.15. The van der Waals surface area contributed by atoms with Crippen molar-refractivity contribution in [2.45, 2.75) is 13.5 Å². The Morgan fingerprint density at radius 3 is 2.50 bits per heavy atom. The van der Waals surface area contributed by atoms with Crippen molar-refractivity contribution in [3.8, 4) is 17.0 Å². The van der Waals surface area contributed by atoms with E-state index in [1.807, 2.05) is 104 Å². The maximum absolute atomic E-state index is 14.4. The van der Waals surface area contributed by atoms with E-state index in [2.05, 4.69) is 4.98 Å². The first kappa shape index (κ1) is 23.8. The maximum atomic E-state index is 14.4. The summed E-state index contributed by atoms with van der Waals surface area (Å²) in [5.41, 5.74) is 4.62. The molecule has 7 heteroatoms. The van der Waals surface area contributed by atoms with Crippen molar-refractivity contribution >= 4 is 43.5 Å². The standard InChI is InChI=1S/C31H24N4O2S/c1-2-37-23-15-16-27-29(18-23)38-31(34-27)35(20-22-12-8-9-17-32-22)30(36)25-19-28(21-10-4-3-5-11-21)33-26-14-7-6-13-24(25)26/h3-19H,2,20H2,1H3. The number of rotatable bonds is 7. The average molecular weight is 517 g/mol. The van der Waals surface area contributed by atoms with Crippen LogP contribution in [-0.2, 0) is 6.54 Å². The molecule has 0 spiro atoms. The highest BCUT2D eigenvalue weighted by atomic mass is 32.1. The second-order valence-corrected chi connectivity index (χ2v) is 9.72. The summed E-state index contributed by atoms with van der Waals surface area (Å²) in [7, 11) is 0. The number of carbonyl (C=O) groups excluding carboxylic acids is 1. The minimum atomic E-state index is -0.157. The van der Waals surface area contributed by atoms with E-state index in [1.54, 1.807) is 11.1 Å². The van der Waals surface area contributed by atoms with Gasteiger partial charge in [-0.2, -0.15) is 0 Å². The molecule has 0 saturated carbocycles. The Bertz CT molecular complexity index is 1740. The molecule has 186 valence electrons.